The standard InChI is InChI=1S/C27H27N3O4S/c1-27(2,3)20-10-8-17(9-11-20)23(31)28-21-12-14-22(15-13-21)29-26(35)30-24(32)18-6-5-7-19(16-18)25(33)34-4/h5-16H,1-4H3,(H,28,31)(H2,29,30,32,35). The van der Waals surface area contributed by atoms with E-state index >= 15 is 0 Å². The van der Waals surface area contributed by atoms with Crippen molar-refractivity contribution in [1.29, 1.82) is 0 Å². The van der Waals surface area contributed by atoms with E-state index in [9.17, 15) is 14.4 Å². The molecule has 3 rings (SSSR count). The molecular weight excluding hydrogens is 462 g/mol. The number of rotatable bonds is 5. The molecule has 2 amide bonds. The van der Waals surface area contributed by atoms with E-state index in [-0.39, 0.29) is 27.6 Å². The van der Waals surface area contributed by atoms with Crippen molar-refractivity contribution in [2.24, 2.45) is 0 Å². The van der Waals surface area contributed by atoms with Gasteiger partial charge in [-0.05, 0) is 77.8 Å². The molecule has 0 aliphatic carbocycles. The van der Waals surface area contributed by atoms with Crippen LogP contribution in [-0.2, 0) is 10.2 Å². The lowest BCUT2D eigenvalue weighted by molar-refractivity contribution is 0.0600. The number of carbonyl (C=O) groups excluding carboxylic acids is 3. The van der Waals surface area contributed by atoms with Crippen LogP contribution in [0.1, 0.15) is 57.4 Å². The number of nitrogens with one attached hydrogen (secondary N) is 3. The van der Waals surface area contributed by atoms with E-state index in [4.69, 9.17) is 12.2 Å². The normalized spacial score (nSPS) is 10.7. The predicted molar refractivity (Wildman–Crippen MR) is 141 cm³/mol. The van der Waals surface area contributed by atoms with Gasteiger partial charge in [0.2, 0.25) is 0 Å². The van der Waals surface area contributed by atoms with Gasteiger partial charge in [-0.15, -0.1) is 0 Å². The number of esters is 1. The Kier molecular flexibility index (Phi) is 7.98. The SMILES string of the molecule is COC(=O)c1cccc(C(=O)NC(=S)Nc2ccc(NC(=O)c3ccc(C(C)(C)C)cc3)cc2)c1. The molecule has 0 radical (unpaired) electrons. The molecule has 0 saturated carbocycles. The fraction of sp³-hybridized carbons (Fsp3) is 0.185. The van der Waals surface area contributed by atoms with Crippen molar-refractivity contribution >= 4 is 46.5 Å². The molecular formula is C27H27N3O4S. The number of benzene rings is 3. The minimum atomic E-state index is -0.533. The van der Waals surface area contributed by atoms with Gasteiger partial charge in [0.25, 0.3) is 11.8 Å². The number of methoxy groups -OCH3 is 1. The van der Waals surface area contributed by atoms with Crippen molar-refractivity contribution in [3.8, 4) is 0 Å². The van der Waals surface area contributed by atoms with Crippen molar-refractivity contribution in [2.75, 3.05) is 17.7 Å². The zero-order valence-corrected chi connectivity index (χ0v) is 20.8. The molecule has 0 unspecified atom stereocenters. The Bertz CT molecular complexity index is 1250. The third-order valence-corrected chi connectivity index (χ3v) is 5.39. The van der Waals surface area contributed by atoms with Gasteiger partial charge in [-0.3, -0.25) is 14.9 Å². The summed E-state index contributed by atoms with van der Waals surface area (Å²) in [5.41, 5.74) is 3.53. The fourth-order valence-corrected chi connectivity index (χ4v) is 3.42. The van der Waals surface area contributed by atoms with E-state index < -0.39 is 11.9 Å². The van der Waals surface area contributed by atoms with Gasteiger partial charge in [0.15, 0.2) is 5.11 Å². The number of hydrogen-bond acceptors (Lipinski definition) is 5. The van der Waals surface area contributed by atoms with E-state index in [1.807, 2.05) is 24.3 Å². The molecule has 0 fully saturated rings. The summed E-state index contributed by atoms with van der Waals surface area (Å²) in [6.07, 6.45) is 0. The largest absolute Gasteiger partial charge is 0.465 e. The summed E-state index contributed by atoms with van der Waals surface area (Å²) in [5.74, 6) is -1.20. The highest BCUT2D eigenvalue weighted by Gasteiger charge is 2.15. The van der Waals surface area contributed by atoms with E-state index in [1.165, 1.54) is 13.2 Å². The molecule has 0 spiro atoms. The molecule has 35 heavy (non-hydrogen) atoms. The maximum absolute atomic E-state index is 12.6. The first-order valence-corrected chi connectivity index (χ1v) is 11.3. The van der Waals surface area contributed by atoms with Crippen molar-refractivity contribution in [1.82, 2.24) is 5.32 Å². The van der Waals surface area contributed by atoms with Crippen LogP contribution in [0.25, 0.3) is 0 Å². The first-order chi connectivity index (χ1) is 16.6. The second-order valence-electron chi connectivity index (χ2n) is 8.84. The lowest BCUT2D eigenvalue weighted by Gasteiger charge is -2.19. The van der Waals surface area contributed by atoms with Gasteiger partial charge in [0, 0.05) is 22.5 Å². The van der Waals surface area contributed by atoms with Crippen LogP contribution in [0.3, 0.4) is 0 Å². The summed E-state index contributed by atoms with van der Waals surface area (Å²) in [7, 11) is 1.27. The molecule has 0 aliphatic heterocycles. The number of ether oxygens (including phenoxy) is 1. The second kappa shape index (κ2) is 10.9. The van der Waals surface area contributed by atoms with E-state index in [0.29, 0.717) is 16.9 Å². The maximum atomic E-state index is 12.6. The van der Waals surface area contributed by atoms with Gasteiger partial charge in [0.05, 0.1) is 12.7 Å². The zero-order chi connectivity index (χ0) is 25.6. The predicted octanol–water partition coefficient (Wildman–Crippen LogP) is 5.15. The number of carbonyl (C=O) groups is 3. The number of hydrogen-bond donors (Lipinski definition) is 3. The van der Waals surface area contributed by atoms with Crippen LogP contribution in [0.5, 0.6) is 0 Å². The monoisotopic (exact) mass is 489 g/mol. The van der Waals surface area contributed by atoms with E-state index in [2.05, 4.69) is 41.5 Å². The molecule has 0 heterocycles. The Morgan fingerprint density at radius 2 is 1.31 bits per heavy atom. The Labute approximate surface area is 209 Å². The van der Waals surface area contributed by atoms with Crippen LogP contribution in [0.15, 0.2) is 72.8 Å². The molecule has 3 aromatic rings. The third-order valence-electron chi connectivity index (χ3n) is 5.19. The molecule has 0 aliphatic rings. The molecule has 0 atom stereocenters. The number of amides is 2. The smallest absolute Gasteiger partial charge is 0.337 e. The second-order valence-corrected chi connectivity index (χ2v) is 9.25. The lowest BCUT2D eigenvalue weighted by Crippen LogP contribution is -2.34. The first-order valence-electron chi connectivity index (χ1n) is 10.9. The van der Waals surface area contributed by atoms with Gasteiger partial charge in [0.1, 0.15) is 0 Å². The Morgan fingerprint density at radius 1 is 0.743 bits per heavy atom. The summed E-state index contributed by atoms with van der Waals surface area (Å²) < 4.78 is 4.67. The molecule has 180 valence electrons. The minimum Gasteiger partial charge on any atom is -0.465 e. The van der Waals surface area contributed by atoms with Crippen molar-refractivity contribution in [2.45, 2.75) is 26.2 Å². The topological polar surface area (TPSA) is 96.5 Å². The summed E-state index contributed by atoms with van der Waals surface area (Å²) >= 11 is 5.22. The van der Waals surface area contributed by atoms with Crippen LogP contribution in [0, 0.1) is 0 Å². The fourth-order valence-electron chi connectivity index (χ4n) is 3.20. The van der Waals surface area contributed by atoms with Crippen LogP contribution >= 0.6 is 12.2 Å². The third kappa shape index (κ3) is 6.97. The quantitative estimate of drug-likeness (QED) is 0.339. The number of thiocarbonyl (C=S) groups is 1. The van der Waals surface area contributed by atoms with Crippen LogP contribution in [0.4, 0.5) is 11.4 Å². The van der Waals surface area contributed by atoms with Crippen molar-refractivity contribution < 1.29 is 19.1 Å². The molecule has 3 N–H and O–H groups in total. The molecule has 8 heteroatoms. The Balaban J connectivity index is 1.56. The summed E-state index contributed by atoms with van der Waals surface area (Å²) in [6.45, 7) is 6.37. The van der Waals surface area contributed by atoms with Gasteiger partial charge < -0.3 is 15.4 Å². The van der Waals surface area contributed by atoms with E-state index in [0.717, 1.165) is 5.56 Å². The van der Waals surface area contributed by atoms with Crippen LogP contribution in [-0.4, -0.2) is 30.0 Å². The molecule has 0 bridgehead atoms. The summed E-state index contributed by atoms with van der Waals surface area (Å²) in [5, 5.41) is 8.45. The minimum absolute atomic E-state index is 0.0188. The maximum Gasteiger partial charge on any atom is 0.337 e. The highest BCUT2D eigenvalue weighted by molar-refractivity contribution is 7.80. The molecule has 0 aromatic heterocycles. The Morgan fingerprint density at radius 3 is 1.89 bits per heavy atom. The average Bonchev–Trinajstić information content (AvgIpc) is 2.84. The number of anilines is 2. The molecule has 0 saturated heterocycles. The average molecular weight is 490 g/mol. The van der Waals surface area contributed by atoms with Gasteiger partial charge in [-0.2, -0.15) is 0 Å². The highest BCUT2D eigenvalue weighted by Crippen LogP contribution is 2.22. The zero-order valence-electron chi connectivity index (χ0n) is 20.0. The van der Waals surface area contributed by atoms with Crippen LogP contribution < -0.4 is 16.0 Å². The lowest BCUT2D eigenvalue weighted by atomic mass is 9.87. The van der Waals surface area contributed by atoms with Gasteiger partial charge in [-0.25, -0.2) is 4.79 Å². The van der Waals surface area contributed by atoms with Crippen molar-refractivity contribution in [3.63, 3.8) is 0 Å². The molecule has 3 aromatic carbocycles. The van der Waals surface area contributed by atoms with E-state index in [1.54, 1.807) is 42.5 Å². The van der Waals surface area contributed by atoms with Gasteiger partial charge in [-0.1, -0.05) is 39.0 Å². The van der Waals surface area contributed by atoms with Gasteiger partial charge >= 0.3 is 5.97 Å². The first kappa shape index (κ1) is 25.6. The summed E-state index contributed by atoms with van der Waals surface area (Å²) in [4.78, 5) is 36.7. The van der Waals surface area contributed by atoms with Crippen molar-refractivity contribution in [3.05, 3.63) is 95.1 Å². The Hall–Kier alpha value is -4.04. The van der Waals surface area contributed by atoms with Crippen LogP contribution in [0.2, 0.25) is 0 Å². The molecule has 7 nitrogen and oxygen atoms in total. The summed E-state index contributed by atoms with van der Waals surface area (Å²) in [6, 6.07) is 20.6. The highest BCUT2D eigenvalue weighted by atomic mass is 32.1.